The summed E-state index contributed by atoms with van der Waals surface area (Å²) in [6.45, 7) is 3.82. The Morgan fingerprint density at radius 2 is 1.96 bits per heavy atom. The molecule has 2 aromatic rings. The van der Waals surface area contributed by atoms with Crippen LogP contribution < -0.4 is 15.1 Å². The molecule has 8 nitrogen and oxygen atoms in total. The summed E-state index contributed by atoms with van der Waals surface area (Å²) in [4.78, 5) is 16.5. The largest absolute Gasteiger partial charge is 0.417 e. The number of carbonyl (C=O) groups is 1. The van der Waals surface area contributed by atoms with E-state index in [9.17, 15) is 4.79 Å². The third kappa shape index (κ3) is 1.76. The Morgan fingerprint density at radius 1 is 1.26 bits per heavy atom. The third-order valence-electron chi connectivity index (χ3n) is 6.53. The van der Waals surface area contributed by atoms with Crippen molar-refractivity contribution in [1.82, 2.24) is 5.16 Å². The summed E-state index contributed by atoms with van der Waals surface area (Å²) in [6, 6.07) is 10.1. The van der Waals surface area contributed by atoms with Gasteiger partial charge in [-0.05, 0) is 43.0 Å². The van der Waals surface area contributed by atoms with Crippen molar-refractivity contribution in [2.24, 2.45) is 17.8 Å². The average molecular weight is 363 g/mol. The van der Waals surface area contributed by atoms with Crippen LogP contribution in [0.15, 0.2) is 35.1 Å². The monoisotopic (exact) mass is 363 g/mol. The van der Waals surface area contributed by atoms with E-state index in [-0.39, 0.29) is 12.0 Å². The molecule has 1 N–H and O–H groups in total. The molecule has 5 atom stereocenters. The predicted molar refractivity (Wildman–Crippen MR) is 95.0 cm³/mol. The highest BCUT2D eigenvalue weighted by molar-refractivity contribution is 5.93. The van der Waals surface area contributed by atoms with Crippen molar-refractivity contribution in [2.75, 3.05) is 28.2 Å². The zero-order valence-electron chi connectivity index (χ0n) is 14.6. The number of anilines is 3. The van der Waals surface area contributed by atoms with Crippen LogP contribution in [0.25, 0.3) is 0 Å². The van der Waals surface area contributed by atoms with Crippen LogP contribution in [0.3, 0.4) is 0 Å². The first-order valence-electron chi connectivity index (χ1n) is 9.12. The van der Waals surface area contributed by atoms with Crippen LogP contribution in [0.1, 0.15) is 12.5 Å². The molecule has 3 fully saturated rings. The SMILES string of the molecule is CC1N(c2ccc(N3C[C@@H]4[C@@H](C#N)[C@@H]4C3)cc2)C(=O)O[C@]12Nc1nocc12. The quantitative estimate of drug-likeness (QED) is 0.876. The number of carbonyl (C=O) groups excluding carboxylic acids is 1. The van der Waals surface area contributed by atoms with Gasteiger partial charge in [0.2, 0.25) is 5.72 Å². The van der Waals surface area contributed by atoms with Crippen LogP contribution in [0, 0.1) is 29.1 Å². The lowest BCUT2D eigenvalue weighted by atomic mass is 9.91. The van der Waals surface area contributed by atoms with Crippen LogP contribution in [0.4, 0.5) is 22.0 Å². The molecule has 1 aromatic heterocycles. The van der Waals surface area contributed by atoms with E-state index in [1.165, 1.54) is 6.26 Å². The van der Waals surface area contributed by atoms with Gasteiger partial charge in [-0.3, -0.25) is 4.90 Å². The number of ether oxygens (including phenoxy) is 1. The van der Waals surface area contributed by atoms with Gasteiger partial charge in [-0.15, -0.1) is 0 Å². The van der Waals surface area contributed by atoms with E-state index in [0.29, 0.717) is 17.7 Å². The van der Waals surface area contributed by atoms with E-state index in [1.54, 1.807) is 4.90 Å². The number of rotatable bonds is 2. The normalized spacial score (nSPS) is 35.2. The number of amides is 1. The van der Waals surface area contributed by atoms with Crippen molar-refractivity contribution in [3.63, 3.8) is 0 Å². The molecular weight excluding hydrogens is 346 g/mol. The number of hydrogen-bond donors (Lipinski definition) is 1. The molecule has 1 aliphatic carbocycles. The number of piperidine rings is 1. The molecule has 136 valence electrons. The molecule has 27 heavy (non-hydrogen) atoms. The number of aromatic nitrogens is 1. The average Bonchev–Trinajstić information content (AvgIpc) is 2.97. The molecule has 0 bridgehead atoms. The van der Waals surface area contributed by atoms with Crippen LogP contribution >= 0.6 is 0 Å². The van der Waals surface area contributed by atoms with Crippen LogP contribution in [-0.4, -0.2) is 30.4 Å². The molecule has 3 aliphatic heterocycles. The number of benzene rings is 1. The number of nitrogens with zero attached hydrogens (tertiary/aromatic N) is 4. The zero-order valence-corrected chi connectivity index (χ0v) is 14.6. The summed E-state index contributed by atoms with van der Waals surface area (Å²) in [7, 11) is 0. The lowest BCUT2D eigenvalue weighted by molar-refractivity contribution is 0.0490. The highest BCUT2D eigenvalue weighted by Crippen LogP contribution is 2.52. The summed E-state index contributed by atoms with van der Waals surface area (Å²) in [6.07, 6.45) is 1.13. The molecular formula is C19H17N5O3. The van der Waals surface area contributed by atoms with Gasteiger partial charge in [0.15, 0.2) is 5.82 Å². The molecule has 6 rings (SSSR count). The Bertz CT molecular complexity index is 984. The van der Waals surface area contributed by atoms with Crippen molar-refractivity contribution < 1.29 is 14.1 Å². The van der Waals surface area contributed by atoms with E-state index < -0.39 is 11.8 Å². The number of nitrogens with one attached hydrogen (secondary N) is 1. The van der Waals surface area contributed by atoms with E-state index in [0.717, 1.165) is 30.0 Å². The molecule has 0 radical (unpaired) electrons. The number of fused-ring (bicyclic) bond motifs is 3. The Hall–Kier alpha value is -3.21. The maximum Gasteiger partial charge on any atom is 0.417 e. The fraction of sp³-hybridized carbons (Fsp3) is 0.421. The highest BCUT2D eigenvalue weighted by atomic mass is 16.6. The Kier molecular flexibility index (Phi) is 2.62. The molecule has 8 heteroatoms. The van der Waals surface area contributed by atoms with Crippen LogP contribution in [0.5, 0.6) is 0 Å². The minimum atomic E-state index is -0.895. The van der Waals surface area contributed by atoms with Crippen molar-refractivity contribution in [3.05, 3.63) is 36.1 Å². The molecule has 1 aromatic carbocycles. The van der Waals surface area contributed by atoms with E-state index in [2.05, 4.69) is 21.4 Å². The lowest BCUT2D eigenvalue weighted by Gasteiger charge is -2.39. The fourth-order valence-electron chi connectivity index (χ4n) is 4.87. The molecule has 2 saturated heterocycles. The van der Waals surface area contributed by atoms with Gasteiger partial charge in [0.05, 0.1) is 12.0 Å². The summed E-state index contributed by atoms with van der Waals surface area (Å²) in [5.41, 5.74) is 1.79. The van der Waals surface area contributed by atoms with Gasteiger partial charge in [0.25, 0.3) is 0 Å². The Morgan fingerprint density at radius 3 is 2.63 bits per heavy atom. The fourth-order valence-corrected chi connectivity index (χ4v) is 4.87. The topological polar surface area (TPSA) is 94.6 Å². The Labute approximate surface area is 155 Å². The summed E-state index contributed by atoms with van der Waals surface area (Å²) in [5.74, 6) is 1.90. The van der Waals surface area contributed by atoms with Crippen molar-refractivity contribution >= 4 is 23.3 Å². The zero-order chi connectivity index (χ0) is 18.3. The summed E-state index contributed by atoms with van der Waals surface area (Å²) < 4.78 is 10.6. The minimum absolute atomic E-state index is 0.237. The van der Waals surface area contributed by atoms with Gasteiger partial charge >= 0.3 is 6.09 Å². The highest BCUT2D eigenvalue weighted by Gasteiger charge is 2.61. The second-order valence-electron chi connectivity index (χ2n) is 7.76. The predicted octanol–water partition coefficient (Wildman–Crippen LogP) is 2.50. The first-order chi connectivity index (χ1) is 13.1. The van der Waals surface area contributed by atoms with Gasteiger partial charge in [-0.2, -0.15) is 5.26 Å². The van der Waals surface area contributed by atoms with E-state index >= 15 is 0 Å². The number of nitriles is 1. The van der Waals surface area contributed by atoms with Crippen molar-refractivity contribution in [2.45, 2.75) is 18.7 Å². The van der Waals surface area contributed by atoms with Gasteiger partial charge in [-0.1, -0.05) is 5.16 Å². The first kappa shape index (κ1) is 14.9. The molecule has 1 saturated carbocycles. The van der Waals surface area contributed by atoms with Crippen LogP contribution in [-0.2, 0) is 10.5 Å². The van der Waals surface area contributed by atoms with Crippen LogP contribution in [0.2, 0.25) is 0 Å². The second kappa shape index (κ2) is 4.74. The van der Waals surface area contributed by atoms with E-state index in [1.807, 2.05) is 31.2 Å². The molecule has 4 heterocycles. The summed E-state index contributed by atoms with van der Waals surface area (Å²) in [5, 5.41) is 16.0. The smallest absolute Gasteiger partial charge is 0.416 e. The first-order valence-corrected chi connectivity index (χ1v) is 9.12. The summed E-state index contributed by atoms with van der Waals surface area (Å²) >= 11 is 0. The van der Waals surface area contributed by atoms with Crippen molar-refractivity contribution in [1.29, 1.82) is 5.26 Å². The lowest BCUT2D eigenvalue weighted by Crippen LogP contribution is -2.52. The molecule has 1 spiro atoms. The number of hydrogen-bond acceptors (Lipinski definition) is 7. The van der Waals surface area contributed by atoms with Gasteiger partial charge < -0.3 is 19.5 Å². The van der Waals surface area contributed by atoms with Gasteiger partial charge in [0.1, 0.15) is 17.9 Å². The van der Waals surface area contributed by atoms with Crippen molar-refractivity contribution in [3.8, 4) is 6.07 Å². The Balaban J connectivity index is 1.23. The maximum absolute atomic E-state index is 12.6. The minimum Gasteiger partial charge on any atom is -0.416 e. The third-order valence-corrected chi connectivity index (χ3v) is 6.53. The standard InChI is InChI=1S/C19H17N5O3/c1-10-19(16-9-26-22-17(16)21-19)27-18(25)24(10)12-4-2-11(3-5-12)23-7-14-13(6-20)15(14)8-23/h2-5,9-10,13-15H,7-8H2,1H3,(H,21,22)/t10?,13-,14-,15+,19-/m1/s1. The maximum atomic E-state index is 12.6. The van der Waals surface area contributed by atoms with Gasteiger partial charge in [-0.25, -0.2) is 4.79 Å². The van der Waals surface area contributed by atoms with E-state index in [4.69, 9.17) is 14.5 Å². The molecule has 1 amide bonds. The molecule has 4 aliphatic rings. The second-order valence-corrected chi connectivity index (χ2v) is 7.76. The molecule has 1 unspecified atom stereocenters. The van der Waals surface area contributed by atoms with Gasteiger partial charge in [0, 0.05) is 24.5 Å².